The second kappa shape index (κ2) is 6.18. The van der Waals surface area contributed by atoms with Crippen LogP contribution >= 0.6 is 0 Å². The highest BCUT2D eigenvalue weighted by atomic mass is 16.5. The molecule has 1 fully saturated rings. The summed E-state index contributed by atoms with van der Waals surface area (Å²) in [6, 6.07) is 8.50. The van der Waals surface area contributed by atoms with Gasteiger partial charge in [-0.05, 0) is 24.6 Å². The van der Waals surface area contributed by atoms with Gasteiger partial charge in [0.1, 0.15) is 0 Å². The summed E-state index contributed by atoms with van der Waals surface area (Å²) in [5.74, 6) is 0. The number of methoxy groups -OCH3 is 1. The van der Waals surface area contributed by atoms with Crippen molar-refractivity contribution < 1.29 is 9.47 Å². The summed E-state index contributed by atoms with van der Waals surface area (Å²) in [7, 11) is 1.71. The molecule has 18 heavy (non-hydrogen) atoms. The van der Waals surface area contributed by atoms with Crippen molar-refractivity contribution in [2.75, 3.05) is 38.3 Å². The van der Waals surface area contributed by atoms with Gasteiger partial charge < -0.3 is 20.1 Å². The Balaban J connectivity index is 2.08. The molecular formula is C14H22N2O2. The van der Waals surface area contributed by atoms with Crippen molar-refractivity contribution in [3.05, 3.63) is 29.8 Å². The lowest BCUT2D eigenvalue weighted by Gasteiger charge is -2.34. The third-order valence-electron chi connectivity index (χ3n) is 3.25. The van der Waals surface area contributed by atoms with Crippen molar-refractivity contribution in [3.8, 4) is 0 Å². The molecule has 2 atom stereocenters. The van der Waals surface area contributed by atoms with Crippen molar-refractivity contribution >= 4 is 5.69 Å². The van der Waals surface area contributed by atoms with E-state index in [1.165, 1.54) is 11.3 Å². The number of rotatable bonds is 4. The Kier molecular flexibility index (Phi) is 4.58. The molecule has 4 nitrogen and oxygen atoms in total. The minimum absolute atomic E-state index is 0.0702. The smallest absolute Gasteiger partial charge is 0.0983 e. The Morgan fingerprint density at radius 3 is 3.11 bits per heavy atom. The monoisotopic (exact) mass is 250 g/mol. The number of hydrogen-bond acceptors (Lipinski definition) is 4. The Bertz CT molecular complexity index is 380. The SMILES string of the molecule is COCC1CN(c2cccc([C@H](C)N)c2)CCO1. The number of nitrogens with zero attached hydrogens (tertiary/aromatic N) is 1. The predicted molar refractivity (Wildman–Crippen MR) is 72.9 cm³/mol. The van der Waals surface area contributed by atoms with Crippen LogP contribution in [0.3, 0.4) is 0 Å². The largest absolute Gasteiger partial charge is 0.382 e. The summed E-state index contributed by atoms with van der Waals surface area (Å²) >= 11 is 0. The van der Waals surface area contributed by atoms with E-state index in [-0.39, 0.29) is 12.1 Å². The lowest BCUT2D eigenvalue weighted by Crippen LogP contribution is -2.44. The molecule has 0 radical (unpaired) electrons. The van der Waals surface area contributed by atoms with E-state index < -0.39 is 0 Å². The minimum atomic E-state index is 0.0702. The summed E-state index contributed by atoms with van der Waals surface area (Å²) in [4.78, 5) is 2.33. The van der Waals surface area contributed by atoms with Crippen LogP contribution in [0.25, 0.3) is 0 Å². The fraction of sp³-hybridized carbons (Fsp3) is 0.571. The number of hydrogen-bond donors (Lipinski definition) is 1. The molecule has 2 rings (SSSR count). The first-order valence-electron chi connectivity index (χ1n) is 6.41. The molecule has 0 spiro atoms. The van der Waals surface area contributed by atoms with Crippen LogP contribution in [0.4, 0.5) is 5.69 Å². The number of anilines is 1. The van der Waals surface area contributed by atoms with Gasteiger partial charge in [-0.15, -0.1) is 0 Å². The van der Waals surface area contributed by atoms with Crippen LogP contribution in [0.5, 0.6) is 0 Å². The molecule has 1 aliphatic rings. The van der Waals surface area contributed by atoms with Gasteiger partial charge in [0.05, 0.1) is 19.3 Å². The molecule has 4 heteroatoms. The van der Waals surface area contributed by atoms with Crippen molar-refractivity contribution in [2.45, 2.75) is 19.1 Å². The standard InChI is InChI=1S/C14H22N2O2/c1-11(15)12-4-3-5-13(8-12)16-6-7-18-14(9-16)10-17-2/h3-5,8,11,14H,6-7,9-10,15H2,1-2H3/t11-,14?/m0/s1. The van der Waals surface area contributed by atoms with Crippen LogP contribution in [0.15, 0.2) is 24.3 Å². The highest BCUT2D eigenvalue weighted by molar-refractivity contribution is 5.49. The zero-order valence-electron chi connectivity index (χ0n) is 11.1. The lowest BCUT2D eigenvalue weighted by molar-refractivity contribution is -0.0100. The molecule has 0 aromatic heterocycles. The molecule has 1 aromatic rings. The zero-order valence-corrected chi connectivity index (χ0v) is 11.1. The molecule has 0 aliphatic carbocycles. The van der Waals surface area contributed by atoms with Crippen LogP contribution in [0.2, 0.25) is 0 Å². The van der Waals surface area contributed by atoms with Crippen LogP contribution < -0.4 is 10.6 Å². The fourth-order valence-electron chi connectivity index (χ4n) is 2.25. The van der Waals surface area contributed by atoms with Crippen LogP contribution in [0.1, 0.15) is 18.5 Å². The zero-order chi connectivity index (χ0) is 13.0. The molecule has 2 N–H and O–H groups in total. The van der Waals surface area contributed by atoms with Gasteiger partial charge in [-0.25, -0.2) is 0 Å². The second-order valence-electron chi connectivity index (χ2n) is 4.78. The quantitative estimate of drug-likeness (QED) is 0.881. The van der Waals surface area contributed by atoms with E-state index in [1.807, 2.05) is 6.92 Å². The lowest BCUT2D eigenvalue weighted by atomic mass is 10.1. The molecule has 1 aliphatic heterocycles. The van der Waals surface area contributed by atoms with Gasteiger partial charge in [0.2, 0.25) is 0 Å². The van der Waals surface area contributed by atoms with Gasteiger partial charge in [-0.3, -0.25) is 0 Å². The van der Waals surface area contributed by atoms with E-state index >= 15 is 0 Å². The van der Waals surface area contributed by atoms with E-state index in [0.717, 1.165) is 19.7 Å². The molecule has 0 bridgehead atoms. The third kappa shape index (κ3) is 3.22. The average molecular weight is 250 g/mol. The first-order chi connectivity index (χ1) is 8.70. The molecule has 1 unspecified atom stereocenters. The summed E-state index contributed by atoms with van der Waals surface area (Å²) in [5.41, 5.74) is 8.31. The van der Waals surface area contributed by atoms with Gasteiger partial charge in [0.15, 0.2) is 0 Å². The Hall–Kier alpha value is -1.10. The molecule has 100 valence electrons. The van der Waals surface area contributed by atoms with Gasteiger partial charge >= 0.3 is 0 Å². The molecular weight excluding hydrogens is 228 g/mol. The van der Waals surface area contributed by atoms with E-state index in [4.69, 9.17) is 15.2 Å². The third-order valence-corrected chi connectivity index (χ3v) is 3.25. The predicted octanol–water partition coefficient (Wildman–Crippen LogP) is 1.56. The Labute approximate surface area is 109 Å². The Morgan fingerprint density at radius 2 is 2.39 bits per heavy atom. The first-order valence-corrected chi connectivity index (χ1v) is 6.41. The summed E-state index contributed by atoms with van der Waals surface area (Å²) < 4.78 is 10.8. The van der Waals surface area contributed by atoms with Crippen molar-refractivity contribution in [2.24, 2.45) is 5.73 Å². The second-order valence-corrected chi connectivity index (χ2v) is 4.78. The average Bonchev–Trinajstić information content (AvgIpc) is 2.39. The van der Waals surface area contributed by atoms with Crippen molar-refractivity contribution in [1.29, 1.82) is 0 Å². The maximum absolute atomic E-state index is 5.92. The molecule has 1 aromatic carbocycles. The summed E-state index contributed by atoms with van der Waals surface area (Å²) in [6.45, 7) is 5.19. The van der Waals surface area contributed by atoms with E-state index in [0.29, 0.717) is 6.61 Å². The number of benzene rings is 1. The highest BCUT2D eigenvalue weighted by Gasteiger charge is 2.20. The van der Waals surface area contributed by atoms with Gasteiger partial charge in [0.25, 0.3) is 0 Å². The van der Waals surface area contributed by atoms with Crippen LogP contribution in [-0.2, 0) is 9.47 Å². The molecule has 0 saturated carbocycles. The summed E-state index contributed by atoms with van der Waals surface area (Å²) in [5, 5.41) is 0. The first kappa shape index (κ1) is 13.3. The van der Waals surface area contributed by atoms with Crippen LogP contribution in [0, 0.1) is 0 Å². The fourth-order valence-corrected chi connectivity index (χ4v) is 2.25. The normalized spacial score (nSPS) is 21.9. The van der Waals surface area contributed by atoms with Crippen molar-refractivity contribution in [3.63, 3.8) is 0 Å². The number of morpholine rings is 1. The van der Waals surface area contributed by atoms with Gasteiger partial charge in [0, 0.05) is 31.9 Å². The van der Waals surface area contributed by atoms with Crippen molar-refractivity contribution in [1.82, 2.24) is 0 Å². The van der Waals surface area contributed by atoms with Gasteiger partial charge in [-0.2, -0.15) is 0 Å². The summed E-state index contributed by atoms with van der Waals surface area (Å²) in [6.07, 6.45) is 0.155. The highest BCUT2D eigenvalue weighted by Crippen LogP contribution is 2.21. The van der Waals surface area contributed by atoms with Crippen LogP contribution in [-0.4, -0.2) is 39.5 Å². The number of nitrogens with two attached hydrogens (primary N) is 1. The molecule has 1 heterocycles. The molecule has 1 saturated heterocycles. The minimum Gasteiger partial charge on any atom is -0.382 e. The maximum atomic E-state index is 5.92. The number of ether oxygens (including phenoxy) is 2. The van der Waals surface area contributed by atoms with Gasteiger partial charge in [-0.1, -0.05) is 12.1 Å². The van der Waals surface area contributed by atoms with E-state index in [9.17, 15) is 0 Å². The van der Waals surface area contributed by atoms with E-state index in [1.54, 1.807) is 7.11 Å². The molecule has 0 amide bonds. The topological polar surface area (TPSA) is 47.7 Å². The maximum Gasteiger partial charge on any atom is 0.0983 e. The Morgan fingerprint density at radius 1 is 1.56 bits per heavy atom. The van der Waals surface area contributed by atoms with E-state index in [2.05, 4.69) is 29.2 Å².